The molecule has 0 saturated carbocycles. The number of ether oxygens (including phenoxy) is 3. The Morgan fingerprint density at radius 1 is 1.07 bits per heavy atom. The van der Waals surface area contributed by atoms with Gasteiger partial charge in [-0.05, 0) is 30.3 Å². The summed E-state index contributed by atoms with van der Waals surface area (Å²) in [7, 11) is 0. The highest BCUT2D eigenvalue weighted by Crippen LogP contribution is 2.32. The molecule has 9 nitrogen and oxygen atoms in total. The molecule has 1 aliphatic rings. The maximum atomic E-state index is 12.0. The van der Waals surface area contributed by atoms with Crippen molar-refractivity contribution in [2.45, 2.75) is 0 Å². The highest BCUT2D eigenvalue weighted by Gasteiger charge is 2.12. The second kappa shape index (κ2) is 8.30. The van der Waals surface area contributed by atoms with E-state index in [9.17, 15) is 4.79 Å². The van der Waals surface area contributed by atoms with Crippen molar-refractivity contribution >= 4 is 11.7 Å². The van der Waals surface area contributed by atoms with Crippen LogP contribution in [-0.2, 0) is 0 Å². The van der Waals surface area contributed by atoms with Crippen molar-refractivity contribution in [1.82, 2.24) is 15.5 Å². The fourth-order valence-corrected chi connectivity index (χ4v) is 2.57. The summed E-state index contributed by atoms with van der Waals surface area (Å²) in [4.78, 5) is 12.0. The third-order valence-corrected chi connectivity index (χ3v) is 3.85. The van der Waals surface area contributed by atoms with Crippen molar-refractivity contribution < 1.29 is 23.4 Å². The number of hydrogen-bond donors (Lipinski definition) is 2. The molecule has 9 heteroatoms. The second-order valence-corrected chi connectivity index (χ2v) is 5.82. The van der Waals surface area contributed by atoms with E-state index in [0.29, 0.717) is 54.3 Å². The van der Waals surface area contributed by atoms with E-state index in [1.165, 1.54) is 0 Å². The Morgan fingerprint density at radius 3 is 2.75 bits per heavy atom. The number of furan rings is 1. The van der Waals surface area contributed by atoms with E-state index in [1.807, 2.05) is 0 Å². The van der Waals surface area contributed by atoms with E-state index in [-0.39, 0.29) is 12.6 Å². The van der Waals surface area contributed by atoms with Crippen LogP contribution in [0.4, 0.5) is 10.5 Å². The summed E-state index contributed by atoms with van der Waals surface area (Å²) in [5.41, 5.74) is 1.23. The normalized spacial score (nSPS) is 12.3. The first-order valence-corrected chi connectivity index (χ1v) is 8.73. The average molecular weight is 382 g/mol. The lowest BCUT2D eigenvalue weighted by Crippen LogP contribution is -2.32. The Labute approximate surface area is 160 Å². The van der Waals surface area contributed by atoms with Gasteiger partial charge in [-0.3, -0.25) is 0 Å². The molecular formula is C19H18N4O5. The number of aromatic nitrogens is 2. The van der Waals surface area contributed by atoms with E-state index in [1.54, 1.807) is 48.7 Å². The number of nitrogens with zero attached hydrogens (tertiary/aromatic N) is 2. The van der Waals surface area contributed by atoms with Gasteiger partial charge in [-0.25, -0.2) is 4.79 Å². The standard InChI is InChI=1S/C19H18N4O5/c24-19(21-13-3-5-16-17(12-13)27-11-10-26-16)20-7-9-28-18-6-4-14(22-23-18)15-2-1-8-25-15/h1-6,8,12H,7,9-11H2,(H2,20,21,24). The first kappa shape index (κ1) is 17.7. The number of hydrogen-bond acceptors (Lipinski definition) is 7. The molecule has 0 unspecified atom stereocenters. The van der Waals surface area contributed by atoms with Gasteiger partial charge in [-0.15, -0.1) is 10.2 Å². The number of nitrogens with one attached hydrogen (secondary N) is 2. The summed E-state index contributed by atoms with van der Waals surface area (Å²) >= 11 is 0. The summed E-state index contributed by atoms with van der Waals surface area (Å²) in [6.45, 7) is 1.57. The number of fused-ring (bicyclic) bond motifs is 1. The van der Waals surface area contributed by atoms with Crippen molar-refractivity contribution in [3.8, 4) is 28.8 Å². The summed E-state index contributed by atoms with van der Waals surface area (Å²) in [5.74, 6) is 2.29. The Kier molecular flexibility index (Phi) is 5.23. The zero-order chi connectivity index (χ0) is 19.2. The second-order valence-electron chi connectivity index (χ2n) is 5.82. The molecule has 0 atom stereocenters. The molecule has 0 saturated heterocycles. The topological polar surface area (TPSA) is 108 Å². The summed E-state index contributed by atoms with van der Waals surface area (Å²) in [6.07, 6.45) is 1.57. The molecule has 3 heterocycles. The third kappa shape index (κ3) is 4.32. The minimum absolute atomic E-state index is 0.253. The van der Waals surface area contributed by atoms with Gasteiger partial charge in [-0.1, -0.05) is 0 Å². The van der Waals surface area contributed by atoms with Gasteiger partial charge in [0.05, 0.1) is 12.8 Å². The molecule has 0 bridgehead atoms. The predicted molar refractivity (Wildman–Crippen MR) is 99.7 cm³/mol. The van der Waals surface area contributed by atoms with Crippen LogP contribution < -0.4 is 24.8 Å². The number of anilines is 1. The molecule has 0 fully saturated rings. The molecule has 4 rings (SSSR count). The van der Waals surface area contributed by atoms with Gasteiger partial charge in [-0.2, -0.15) is 0 Å². The minimum atomic E-state index is -0.348. The van der Waals surface area contributed by atoms with E-state index in [2.05, 4.69) is 20.8 Å². The minimum Gasteiger partial charge on any atom is -0.486 e. The fraction of sp³-hybridized carbons (Fsp3) is 0.211. The maximum absolute atomic E-state index is 12.0. The quantitative estimate of drug-likeness (QED) is 0.631. The number of rotatable bonds is 6. The SMILES string of the molecule is O=C(NCCOc1ccc(-c2ccco2)nn1)Nc1ccc2c(c1)OCCO2. The Bertz CT molecular complexity index is 928. The number of benzene rings is 1. The van der Waals surface area contributed by atoms with Gasteiger partial charge < -0.3 is 29.3 Å². The van der Waals surface area contributed by atoms with E-state index < -0.39 is 0 Å². The van der Waals surface area contributed by atoms with Crippen LogP contribution in [0, 0.1) is 0 Å². The Hall–Kier alpha value is -3.75. The molecule has 2 aromatic heterocycles. The molecular weight excluding hydrogens is 364 g/mol. The zero-order valence-electron chi connectivity index (χ0n) is 14.9. The lowest BCUT2D eigenvalue weighted by Gasteiger charge is -2.19. The van der Waals surface area contributed by atoms with Gasteiger partial charge in [0.15, 0.2) is 17.3 Å². The third-order valence-electron chi connectivity index (χ3n) is 3.85. The van der Waals surface area contributed by atoms with Crippen molar-refractivity contribution in [3.63, 3.8) is 0 Å². The van der Waals surface area contributed by atoms with Crippen molar-refractivity contribution in [3.05, 3.63) is 48.7 Å². The molecule has 28 heavy (non-hydrogen) atoms. The smallest absolute Gasteiger partial charge is 0.319 e. The van der Waals surface area contributed by atoms with Gasteiger partial charge in [0.25, 0.3) is 0 Å². The van der Waals surface area contributed by atoms with Crippen LogP contribution in [-0.4, -0.2) is 42.6 Å². The molecule has 1 aliphatic heterocycles. The van der Waals surface area contributed by atoms with Crippen LogP contribution in [0.15, 0.2) is 53.1 Å². The monoisotopic (exact) mass is 382 g/mol. The highest BCUT2D eigenvalue weighted by atomic mass is 16.6. The summed E-state index contributed by atoms with van der Waals surface area (Å²) in [5, 5.41) is 13.4. The molecule has 2 N–H and O–H groups in total. The number of carbonyl (C=O) groups excluding carboxylic acids is 1. The van der Waals surface area contributed by atoms with E-state index >= 15 is 0 Å². The zero-order valence-corrected chi connectivity index (χ0v) is 14.9. The number of urea groups is 1. The molecule has 0 radical (unpaired) electrons. The van der Waals surface area contributed by atoms with Crippen molar-refractivity contribution in [2.24, 2.45) is 0 Å². The van der Waals surface area contributed by atoms with Crippen molar-refractivity contribution in [1.29, 1.82) is 0 Å². The van der Waals surface area contributed by atoms with Crippen molar-refractivity contribution in [2.75, 3.05) is 31.7 Å². The lowest BCUT2D eigenvalue weighted by atomic mass is 10.2. The largest absolute Gasteiger partial charge is 0.486 e. The van der Waals surface area contributed by atoms with Gasteiger partial charge in [0, 0.05) is 17.8 Å². The Balaban J connectivity index is 1.20. The average Bonchev–Trinajstić information content (AvgIpc) is 3.26. The number of amides is 2. The van der Waals surface area contributed by atoms with E-state index in [4.69, 9.17) is 18.6 Å². The molecule has 144 valence electrons. The lowest BCUT2D eigenvalue weighted by molar-refractivity contribution is 0.171. The molecule has 1 aromatic carbocycles. The first-order chi connectivity index (χ1) is 13.8. The van der Waals surface area contributed by atoms with Crippen LogP contribution in [0.1, 0.15) is 0 Å². The van der Waals surface area contributed by atoms with Crippen LogP contribution in [0.25, 0.3) is 11.5 Å². The maximum Gasteiger partial charge on any atom is 0.319 e. The van der Waals surface area contributed by atoms with Crippen LogP contribution >= 0.6 is 0 Å². The van der Waals surface area contributed by atoms with Gasteiger partial charge in [0.2, 0.25) is 5.88 Å². The predicted octanol–water partition coefficient (Wildman–Crippen LogP) is 2.71. The number of carbonyl (C=O) groups is 1. The van der Waals surface area contributed by atoms with Gasteiger partial charge >= 0.3 is 6.03 Å². The van der Waals surface area contributed by atoms with Crippen LogP contribution in [0.5, 0.6) is 17.4 Å². The molecule has 2 amide bonds. The molecule has 0 spiro atoms. The van der Waals surface area contributed by atoms with E-state index in [0.717, 1.165) is 0 Å². The molecule has 0 aliphatic carbocycles. The van der Waals surface area contributed by atoms with Crippen LogP contribution in [0.2, 0.25) is 0 Å². The summed E-state index contributed by atoms with van der Waals surface area (Å²) < 4.78 is 21.7. The van der Waals surface area contributed by atoms with Gasteiger partial charge in [0.1, 0.15) is 25.5 Å². The first-order valence-electron chi connectivity index (χ1n) is 8.73. The highest BCUT2D eigenvalue weighted by molar-refractivity contribution is 5.89. The van der Waals surface area contributed by atoms with Crippen LogP contribution in [0.3, 0.4) is 0 Å². The fourth-order valence-electron chi connectivity index (χ4n) is 2.57. The summed E-state index contributed by atoms with van der Waals surface area (Å²) in [6, 6.07) is 11.9. The molecule has 3 aromatic rings. The Morgan fingerprint density at radius 2 is 1.96 bits per heavy atom.